The van der Waals surface area contributed by atoms with Crippen molar-refractivity contribution < 1.29 is 13.9 Å². The fraction of sp³-hybridized carbons (Fsp3) is 0.462. The molecule has 3 nitrogen and oxygen atoms in total. The van der Waals surface area contributed by atoms with E-state index in [-0.39, 0.29) is 24.7 Å². The molecule has 0 saturated carbocycles. The van der Waals surface area contributed by atoms with Gasteiger partial charge in [0.15, 0.2) is 5.78 Å². The van der Waals surface area contributed by atoms with Crippen LogP contribution in [-0.2, 0) is 0 Å². The smallest absolute Gasteiger partial charge is 0.164 e. The third-order valence-electron chi connectivity index (χ3n) is 2.58. The maximum Gasteiger partial charge on any atom is 0.164 e. The second kappa shape index (κ2) is 5.77. The molecule has 0 aliphatic heterocycles. The third-order valence-corrected chi connectivity index (χ3v) is 2.58. The molecule has 0 fully saturated rings. The van der Waals surface area contributed by atoms with E-state index in [0.717, 1.165) is 5.56 Å². The van der Waals surface area contributed by atoms with E-state index in [0.29, 0.717) is 11.3 Å². The van der Waals surface area contributed by atoms with Gasteiger partial charge in [0.25, 0.3) is 0 Å². The molecular weight excluding hydrogens is 221 g/mol. The van der Waals surface area contributed by atoms with Crippen molar-refractivity contribution in [3.63, 3.8) is 0 Å². The molecule has 4 heteroatoms. The Hall–Kier alpha value is -1.42. The topological polar surface area (TPSA) is 52.3 Å². The second-order valence-corrected chi connectivity index (χ2v) is 4.19. The van der Waals surface area contributed by atoms with Gasteiger partial charge >= 0.3 is 0 Å². The quantitative estimate of drug-likeness (QED) is 0.803. The molecule has 0 amide bonds. The van der Waals surface area contributed by atoms with E-state index in [1.54, 1.807) is 0 Å². The van der Waals surface area contributed by atoms with Gasteiger partial charge in [-0.3, -0.25) is 4.79 Å². The first-order chi connectivity index (χ1) is 8.01. The normalized spacial score (nSPS) is 10.7. The van der Waals surface area contributed by atoms with Gasteiger partial charge in [-0.15, -0.1) is 0 Å². The Balaban J connectivity index is 3.35. The first-order valence-electron chi connectivity index (χ1n) is 5.62. The number of rotatable bonds is 5. The number of ketones is 1. The molecular formula is C13H18FNO2. The van der Waals surface area contributed by atoms with Crippen LogP contribution in [0.4, 0.5) is 4.39 Å². The molecule has 2 N–H and O–H groups in total. The molecule has 0 saturated heterocycles. The standard InChI is InChI=1S/C13H18FNO2/c1-8(2)13-10(11(16)4-5-15)6-9(14)7-12(13)17-3/h6-8H,4-5,15H2,1-3H3. The first kappa shape index (κ1) is 13.6. The van der Waals surface area contributed by atoms with Crippen LogP contribution in [0.2, 0.25) is 0 Å². The molecule has 0 spiro atoms. The molecule has 1 aromatic carbocycles. The van der Waals surface area contributed by atoms with Gasteiger partial charge in [0.05, 0.1) is 7.11 Å². The van der Waals surface area contributed by atoms with E-state index in [1.807, 2.05) is 13.8 Å². The average Bonchev–Trinajstić information content (AvgIpc) is 2.27. The van der Waals surface area contributed by atoms with Crippen LogP contribution in [0.5, 0.6) is 5.75 Å². The van der Waals surface area contributed by atoms with Crippen molar-refractivity contribution in [2.45, 2.75) is 26.2 Å². The Morgan fingerprint density at radius 2 is 2.12 bits per heavy atom. The predicted octanol–water partition coefficient (Wildman–Crippen LogP) is 2.49. The fourth-order valence-electron chi connectivity index (χ4n) is 1.85. The largest absolute Gasteiger partial charge is 0.496 e. The summed E-state index contributed by atoms with van der Waals surface area (Å²) in [6, 6.07) is 2.56. The lowest BCUT2D eigenvalue weighted by atomic mass is 9.92. The molecule has 0 heterocycles. The molecule has 1 rings (SSSR count). The Morgan fingerprint density at radius 3 is 2.59 bits per heavy atom. The van der Waals surface area contributed by atoms with Crippen LogP contribution < -0.4 is 10.5 Å². The van der Waals surface area contributed by atoms with Gasteiger partial charge in [-0.1, -0.05) is 13.8 Å². The molecule has 0 atom stereocenters. The molecule has 94 valence electrons. The van der Waals surface area contributed by atoms with Gasteiger partial charge < -0.3 is 10.5 Å². The van der Waals surface area contributed by atoms with E-state index in [2.05, 4.69) is 0 Å². The van der Waals surface area contributed by atoms with Crippen molar-refractivity contribution in [1.82, 2.24) is 0 Å². The number of Topliss-reactive ketones (excluding diaryl/α,β-unsaturated/α-hetero) is 1. The zero-order chi connectivity index (χ0) is 13.0. The minimum Gasteiger partial charge on any atom is -0.496 e. The lowest BCUT2D eigenvalue weighted by molar-refractivity contribution is 0.0983. The molecule has 0 aromatic heterocycles. The van der Waals surface area contributed by atoms with Gasteiger partial charge in [0.2, 0.25) is 0 Å². The van der Waals surface area contributed by atoms with Crippen LogP contribution in [0, 0.1) is 5.82 Å². The Morgan fingerprint density at radius 1 is 1.47 bits per heavy atom. The van der Waals surface area contributed by atoms with Crippen molar-refractivity contribution in [1.29, 1.82) is 0 Å². The van der Waals surface area contributed by atoms with E-state index < -0.39 is 5.82 Å². The number of nitrogens with two attached hydrogens (primary N) is 1. The van der Waals surface area contributed by atoms with Crippen LogP contribution in [0.1, 0.15) is 42.1 Å². The van der Waals surface area contributed by atoms with Crippen LogP contribution in [-0.4, -0.2) is 19.4 Å². The summed E-state index contributed by atoms with van der Waals surface area (Å²) in [4.78, 5) is 11.9. The van der Waals surface area contributed by atoms with Crippen molar-refractivity contribution in [2.24, 2.45) is 5.73 Å². The highest BCUT2D eigenvalue weighted by Gasteiger charge is 2.19. The van der Waals surface area contributed by atoms with Crippen molar-refractivity contribution in [2.75, 3.05) is 13.7 Å². The number of hydrogen-bond acceptors (Lipinski definition) is 3. The first-order valence-corrected chi connectivity index (χ1v) is 5.62. The maximum absolute atomic E-state index is 13.4. The summed E-state index contributed by atoms with van der Waals surface area (Å²) in [7, 11) is 1.47. The van der Waals surface area contributed by atoms with Gasteiger partial charge in [0, 0.05) is 23.6 Å². The summed E-state index contributed by atoms with van der Waals surface area (Å²) in [5.74, 6) is -0.108. The van der Waals surface area contributed by atoms with E-state index in [1.165, 1.54) is 19.2 Å². The molecule has 0 radical (unpaired) electrons. The lowest BCUT2D eigenvalue weighted by Crippen LogP contribution is -2.12. The Kier molecular flexibility index (Phi) is 4.63. The third kappa shape index (κ3) is 3.03. The second-order valence-electron chi connectivity index (χ2n) is 4.19. The van der Waals surface area contributed by atoms with Crippen LogP contribution >= 0.6 is 0 Å². The lowest BCUT2D eigenvalue weighted by Gasteiger charge is -2.16. The monoisotopic (exact) mass is 239 g/mol. The fourth-order valence-corrected chi connectivity index (χ4v) is 1.85. The molecule has 0 aliphatic rings. The Labute approximate surface area is 101 Å². The van der Waals surface area contributed by atoms with E-state index >= 15 is 0 Å². The van der Waals surface area contributed by atoms with E-state index in [9.17, 15) is 9.18 Å². The number of halogens is 1. The zero-order valence-electron chi connectivity index (χ0n) is 10.4. The molecule has 0 bridgehead atoms. The zero-order valence-corrected chi connectivity index (χ0v) is 10.4. The van der Waals surface area contributed by atoms with Gasteiger partial charge in [-0.2, -0.15) is 0 Å². The summed E-state index contributed by atoms with van der Waals surface area (Å²) in [6.45, 7) is 4.14. The summed E-state index contributed by atoms with van der Waals surface area (Å²) < 4.78 is 18.5. The average molecular weight is 239 g/mol. The minimum atomic E-state index is -0.466. The molecule has 1 aromatic rings. The summed E-state index contributed by atoms with van der Waals surface area (Å²) >= 11 is 0. The van der Waals surface area contributed by atoms with Crippen LogP contribution in [0.3, 0.4) is 0 Å². The highest BCUT2D eigenvalue weighted by Crippen LogP contribution is 2.31. The van der Waals surface area contributed by atoms with Crippen molar-refractivity contribution in [3.8, 4) is 5.75 Å². The van der Waals surface area contributed by atoms with Crippen LogP contribution in [0.25, 0.3) is 0 Å². The van der Waals surface area contributed by atoms with Crippen molar-refractivity contribution >= 4 is 5.78 Å². The highest BCUT2D eigenvalue weighted by molar-refractivity contribution is 5.98. The number of carbonyl (C=O) groups excluding carboxylic acids is 1. The van der Waals surface area contributed by atoms with Gasteiger partial charge in [0.1, 0.15) is 11.6 Å². The van der Waals surface area contributed by atoms with E-state index in [4.69, 9.17) is 10.5 Å². The molecule has 0 unspecified atom stereocenters. The van der Waals surface area contributed by atoms with Crippen molar-refractivity contribution in [3.05, 3.63) is 29.1 Å². The SMILES string of the molecule is COc1cc(F)cc(C(=O)CCN)c1C(C)C. The van der Waals surface area contributed by atoms with Gasteiger partial charge in [-0.05, 0) is 18.5 Å². The number of carbonyl (C=O) groups is 1. The van der Waals surface area contributed by atoms with Crippen LogP contribution in [0.15, 0.2) is 12.1 Å². The summed E-state index contributed by atoms with van der Waals surface area (Å²) in [5.41, 5.74) is 6.48. The number of methoxy groups -OCH3 is 1. The highest BCUT2D eigenvalue weighted by atomic mass is 19.1. The number of ether oxygens (including phenoxy) is 1. The maximum atomic E-state index is 13.4. The minimum absolute atomic E-state index is 0.0854. The van der Waals surface area contributed by atoms with Gasteiger partial charge in [-0.25, -0.2) is 4.39 Å². The summed E-state index contributed by atoms with van der Waals surface area (Å²) in [6.07, 6.45) is 0.215. The molecule has 17 heavy (non-hydrogen) atoms. The summed E-state index contributed by atoms with van der Waals surface area (Å²) in [5, 5.41) is 0. The number of benzene rings is 1. The number of hydrogen-bond donors (Lipinski definition) is 1. The Bertz CT molecular complexity index is 416. The predicted molar refractivity (Wildman–Crippen MR) is 65.0 cm³/mol. The molecule has 0 aliphatic carbocycles.